The highest BCUT2D eigenvalue weighted by Gasteiger charge is 2.14. The highest BCUT2D eigenvalue weighted by atomic mass is 16.5. The largest absolute Gasteiger partial charge is 0.378 e. The first-order valence-corrected chi connectivity index (χ1v) is 9.30. The van der Waals surface area contributed by atoms with E-state index in [9.17, 15) is 4.79 Å². The first-order chi connectivity index (χ1) is 14.2. The number of aromatic nitrogens is 4. The average Bonchev–Trinajstić information content (AvgIpc) is 2.76. The van der Waals surface area contributed by atoms with Crippen LogP contribution in [0.2, 0.25) is 0 Å². The molecule has 0 bridgehead atoms. The van der Waals surface area contributed by atoms with E-state index in [0.717, 1.165) is 30.4 Å². The number of ether oxygens (including phenoxy) is 1. The fourth-order valence-electron chi connectivity index (χ4n) is 2.97. The van der Waals surface area contributed by atoms with Crippen molar-refractivity contribution in [1.82, 2.24) is 19.9 Å². The van der Waals surface area contributed by atoms with E-state index in [4.69, 9.17) is 4.74 Å². The van der Waals surface area contributed by atoms with E-state index in [-0.39, 0.29) is 11.6 Å². The van der Waals surface area contributed by atoms with Gasteiger partial charge in [0.15, 0.2) is 0 Å². The van der Waals surface area contributed by atoms with Gasteiger partial charge in [-0.1, -0.05) is 0 Å². The van der Waals surface area contributed by atoms with Gasteiger partial charge in [0.2, 0.25) is 0 Å². The lowest BCUT2D eigenvalue weighted by atomic mass is 10.2. The number of amides is 1. The molecule has 2 aromatic heterocycles. The van der Waals surface area contributed by atoms with Gasteiger partial charge in [-0.25, -0.2) is 15.0 Å². The first-order valence-electron chi connectivity index (χ1n) is 9.30. The molecule has 0 atom stereocenters. The summed E-state index contributed by atoms with van der Waals surface area (Å²) in [5.41, 5.74) is 1.79. The maximum Gasteiger partial charge on any atom is 0.275 e. The summed E-state index contributed by atoms with van der Waals surface area (Å²) in [4.78, 5) is 31.2. The Balaban J connectivity index is 1.43. The molecular formula is C20H21N7O2. The second-order valence-electron chi connectivity index (χ2n) is 6.51. The van der Waals surface area contributed by atoms with Gasteiger partial charge in [0.25, 0.3) is 5.91 Å². The Labute approximate surface area is 168 Å². The number of nitrogens with zero attached hydrogens (tertiary/aromatic N) is 5. The molecule has 1 fully saturated rings. The number of anilines is 4. The van der Waals surface area contributed by atoms with Gasteiger partial charge < -0.3 is 20.3 Å². The molecule has 1 saturated heterocycles. The van der Waals surface area contributed by atoms with E-state index in [1.54, 1.807) is 0 Å². The molecule has 0 spiro atoms. The van der Waals surface area contributed by atoms with Gasteiger partial charge in [0.1, 0.15) is 23.2 Å². The molecule has 9 heteroatoms. The Bertz CT molecular complexity index is 974. The molecule has 1 aliphatic rings. The monoisotopic (exact) mass is 391 g/mol. The smallest absolute Gasteiger partial charge is 0.275 e. The molecule has 3 heterocycles. The van der Waals surface area contributed by atoms with Crippen molar-refractivity contribution < 1.29 is 9.53 Å². The molecular weight excluding hydrogens is 370 g/mol. The van der Waals surface area contributed by atoms with Crippen LogP contribution in [0.5, 0.6) is 0 Å². The van der Waals surface area contributed by atoms with Crippen LogP contribution in [-0.4, -0.2) is 52.1 Å². The number of rotatable bonds is 5. The second-order valence-corrected chi connectivity index (χ2v) is 6.51. The normalized spacial score (nSPS) is 13.8. The van der Waals surface area contributed by atoms with E-state index in [0.29, 0.717) is 24.7 Å². The van der Waals surface area contributed by atoms with Gasteiger partial charge in [-0.3, -0.25) is 9.78 Å². The number of nitrogens with one attached hydrogen (secondary N) is 2. The lowest BCUT2D eigenvalue weighted by molar-refractivity contribution is 0.102. The van der Waals surface area contributed by atoms with Gasteiger partial charge in [0, 0.05) is 42.9 Å². The summed E-state index contributed by atoms with van der Waals surface area (Å²) in [5.74, 6) is 2.00. The topological polar surface area (TPSA) is 105 Å². The molecule has 0 saturated carbocycles. The van der Waals surface area contributed by atoms with Crippen LogP contribution in [0.15, 0.2) is 48.9 Å². The van der Waals surface area contributed by atoms with Crippen molar-refractivity contribution in [3.8, 4) is 0 Å². The number of carbonyl (C=O) groups is 1. The van der Waals surface area contributed by atoms with Crippen LogP contribution in [0, 0.1) is 6.92 Å². The lowest BCUT2D eigenvalue weighted by Gasteiger charge is -2.28. The zero-order valence-corrected chi connectivity index (χ0v) is 16.0. The van der Waals surface area contributed by atoms with E-state index in [1.807, 2.05) is 37.3 Å². The predicted molar refractivity (Wildman–Crippen MR) is 110 cm³/mol. The van der Waals surface area contributed by atoms with Crippen molar-refractivity contribution >= 4 is 28.9 Å². The van der Waals surface area contributed by atoms with Gasteiger partial charge in [0.05, 0.1) is 19.4 Å². The fourth-order valence-corrected chi connectivity index (χ4v) is 2.97. The standard InChI is InChI=1S/C20H21N7O2/c1-14-23-18(12-19(24-14)27-8-10-29-11-9-27)25-15-2-4-16(5-3-15)26-20(28)17-13-21-6-7-22-17/h2-7,12-13H,8-11H2,1H3,(H,26,28)(H,23,24,25). The third-order valence-electron chi connectivity index (χ3n) is 4.37. The molecule has 4 rings (SSSR count). The maximum absolute atomic E-state index is 12.2. The van der Waals surface area contributed by atoms with Crippen LogP contribution in [0.4, 0.5) is 23.0 Å². The van der Waals surface area contributed by atoms with E-state index < -0.39 is 0 Å². The fraction of sp³-hybridized carbons (Fsp3) is 0.250. The molecule has 1 aliphatic heterocycles. The van der Waals surface area contributed by atoms with Crippen molar-refractivity contribution in [2.24, 2.45) is 0 Å². The zero-order chi connectivity index (χ0) is 20.1. The molecule has 3 aromatic rings. The van der Waals surface area contributed by atoms with Crippen molar-refractivity contribution in [2.75, 3.05) is 41.8 Å². The van der Waals surface area contributed by atoms with E-state index in [2.05, 4.69) is 35.5 Å². The van der Waals surface area contributed by atoms with Crippen molar-refractivity contribution in [2.45, 2.75) is 6.92 Å². The third-order valence-corrected chi connectivity index (χ3v) is 4.37. The number of benzene rings is 1. The van der Waals surface area contributed by atoms with E-state index >= 15 is 0 Å². The van der Waals surface area contributed by atoms with Crippen LogP contribution in [0.1, 0.15) is 16.3 Å². The summed E-state index contributed by atoms with van der Waals surface area (Å²) in [6.07, 6.45) is 4.43. The van der Waals surface area contributed by atoms with Gasteiger partial charge >= 0.3 is 0 Å². The number of carbonyl (C=O) groups excluding carboxylic acids is 1. The van der Waals surface area contributed by atoms with Crippen molar-refractivity contribution in [3.63, 3.8) is 0 Å². The predicted octanol–water partition coefficient (Wildman–Crippen LogP) is 2.41. The van der Waals surface area contributed by atoms with Crippen LogP contribution >= 0.6 is 0 Å². The second kappa shape index (κ2) is 8.61. The van der Waals surface area contributed by atoms with Crippen LogP contribution in [0.25, 0.3) is 0 Å². The SMILES string of the molecule is Cc1nc(Nc2ccc(NC(=O)c3cnccn3)cc2)cc(N2CCOCC2)n1. The molecule has 2 N–H and O–H groups in total. The number of hydrogen-bond acceptors (Lipinski definition) is 8. The van der Waals surface area contributed by atoms with Crippen molar-refractivity contribution in [1.29, 1.82) is 0 Å². The van der Waals surface area contributed by atoms with Gasteiger partial charge in [-0.2, -0.15) is 0 Å². The van der Waals surface area contributed by atoms with E-state index in [1.165, 1.54) is 18.6 Å². The molecule has 0 radical (unpaired) electrons. The molecule has 0 unspecified atom stereocenters. The average molecular weight is 391 g/mol. The van der Waals surface area contributed by atoms with Crippen LogP contribution in [0.3, 0.4) is 0 Å². The van der Waals surface area contributed by atoms with Crippen molar-refractivity contribution in [3.05, 3.63) is 60.4 Å². The van der Waals surface area contributed by atoms with Gasteiger partial charge in [-0.15, -0.1) is 0 Å². The Morgan fingerprint density at radius 3 is 2.55 bits per heavy atom. The maximum atomic E-state index is 12.2. The molecule has 148 valence electrons. The summed E-state index contributed by atoms with van der Waals surface area (Å²) >= 11 is 0. The molecule has 1 aromatic carbocycles. The zero-order valence-electron chi connectivity index (χ0n) is 16.0. The van der Waals surface area contributed by atoms with Gasteiger partial charge in [-0.05, 0) is 31.2 Å². The number of morpholine rings is 1. The summed E-state index contributed by atoms with van der Waals surface area (Å²) in [7, 11) is 0. The minimum atomic E-state index is -0.305. The first kappa shape index (κ1) is 18.8. The Hall–Kier alpha value is -3.59. The molecule has 0 aliphatic carbocycles. The Morgan fingerprint density at radius 1 is 1.07 bits per heavy atom. The summed E-state index contributed by atoms with van der Waals surface area (Å²) in [5, 5.41) is 6.09. The number of aryl methyl sites for hydroxylation is 1. The number of hydrogen-bond donors (Lipinski definition) is 2. The van der Waals surface area contributed by atoms with Crippen LogP contribution in [-0.2, 0) is 4.74 Å². The third kappa shape index (κ3) is 4.82. The summed E-state index contributed by atoms with van der Waals surface area (Å²) < 4.78 is 5.41. The van der Waals surface area contributed by atoms with Crippen LogP contribution < -0.4 is 15.5 Å². The molecule has 29 heavy (non-hydrogen) atoms. The highest BCUT2D eigenvalue weighted by Crippen LogP contribution is 2.22. The Morgan fingerprint density at radius 2 is 1.83 bits per heavy atom. The summed E-state index contributed by atoms with van der Waals surface area (Å²) in [6.45, 7) is 4.91. The quantitative estimate of drug-likeness (QED) is 0.683. The minimum absolute atomic E-state index is 0.266. The highest BCUT2D eigenvalue weighted by molar-refractivity contribution is 6.02. The molecule has 1 amide bonds. The summed E-state index contributed by atoms with van der Waals surface area (Å²) in [6, 6.07) is 9.30. The lowest BCUT2D eigenvalue weighted by Crippen LogP contribution is -2.36. The Kier molecular flexibility index (Phi) is 5.57. The molecule has 9 nitrogen and oxygen atoms in total. The minimum Gasteiger partial charge on any atom is -0.378 e.